The molecule has 0 amide bonds. The highest BCUT2D eigenvalue weighted by Gasteiger charge is 2.18. The number of hydrogen-bond donors (Lipinski definition) is 1. The summed E-state index contributed by atoms with van der Waals surface area (Å²) in [4.78, 5) is 11.9. The topological polar surface area (TPSA) is 59.6 Å². The molecule has 0 aliphatic heterocycles. The standard InChI is InChI=1S/C20H20N4O/c1-2-17-8-9-18(25-17)20-19(15-6-4-3-5-7-15)23-14-24(20)11-10-16-12-21-13-22-16/h3-9,12-14H,2,10-11H2,1H3,(H,21,22). The summed E-state index contributed by atoms with van der Waals surface area (Å²) >= 11 is 0. The first-order valence-electron chi connectivity index (χ1n) is 8.52. The molecule has 0 radical (unpaired) electrons. The number of hydrogen-bond acceptors (Lipinski definition) is 3. The normalized spacial score (nSPS) is 11.1. The summed E-state index contributed by atoms with van der Waals surface area (Å²) in [6, 6.07) is 14.3. The zero-order chi connectivity index (χ0) is 17.1. The third kappa shape index (κ3) is 3.13. The maximum absolute atomic E-state index is 6.04. The van der Waals surface area contributed by atoms with E-state index in [0.29, 0.717) is 0 Å². The van der Waals surface area contributed by atoms with E-state index in [-0.39, 0.29) is 0 Å². The highest BCUT2D eigenvalue weighted by atomic mass is 16.3. The second kappa shape index (κ2) is 6.81. The molecule has 126 valence electrons. The minimum atomic E-state index is 0.805. The molecule has 3 heterocycles. The Bertz CT molecular complexity index is 935. The molecule has 5 nitrogen and oxygen atoms in total. The van der Waals surface area contributed by atoms with Gasteiger partial charge in [0.25, 0.3) is 0 Å². The third-order valence-electron chi connectivity index (χ3n) is 4.31. The molecule has 0 spiro atoms. The van der Waals surface area contributed by atoms with Gasteiger partial charge >= 0.3 is 0 Å². The highest BCUT2D eigenvalue weighted by Crippen LogP contribution is 2.32. The van der Waals surface area contributed by atoms with Gasteiger partial charge in [0.1, 0.15) is 11.5 Å². The predicted molar refractivity (Wildman–Crippen MR) is 97.0 cm³/mol. The van der Waals surface area contributed by atoms with Gasteiger partial charge in [0.2, 0.25) is 0 Å². The highest BCUT2D eigenvalue weighted by molar-refractivity contribution is 5.76. The number of benzene rings is 1. The van der Waals surface area contributed by atoms with E-state index < -0.39 is 0 Å². The third-order valence-corrected chi connectivity index (χ3v) is 4.31. The number of aryl methyl sites for hydroxylation is 3. The Labute approximate surface area is 146 Å². The van der Waals surface area contributed by atoms with Crippen molar-refractivity contribution in [3.8, 4) is 22.7 Å². The van der Waals surface area contributed by atoms with Crippen LogP contribution in [0.15, 0.2) is 65.7 Å². The van der Waals surface area contributed by atoms with Crippen LogP contribution in [0.5, 0.6) is 0 Å². The maximum Gasteiger partial charge on any atom is 0.152 e. The van der Waals surface area contributed by atoms with Crippen LogP contribution in [-0.2, 0) is 19.4 Å². The van der Waals surface area contributed by atoms with E-state index in [4.69, 9.17) is 4.42 Å². The summed E-state index contributed by atoms with van der Waals surface area (Å²) in [6.45, 7) is 2.90. The monoisotopic (exact) mass is 332 g/mol. The van der Waals surface area contributed by atoms with E-state index in [2.05, 4.69) is 38.6 Å². The van der Waals surface area contributed by atoms with Crippen molar-refractivity contribution in [1.82, 2.24) is 19.5 Å². The van der Waals surface area contributed by atoms with Crippen LogP contribution >= 0.6 is 0 Å². The number of furan rings is 1. The van der Waals surface area contributed by atoms with Crippen LogP contribution in [0.2, 0.25) is 0 Å². The van der Waals surface area contributed by atoms with Crippen LogP contribution in [0.1, 0.15) is 18.4 Å². The molecular formula is C20H20N4O. The van der Waals surface area contributed by atoms with Crippen molar-refractivity contribution < 1.29 is 4.42 Å². The molecular weight excluding hydrogens is 312 g/mol. The summed E-state index contributed by atoms with van der Waals surface area (Å²) in [7, 11) is 0. The minimum absolute atomic E-state index is 0.805. The quantitative estimate of drug-likeness (QED) is 0.571. The number of aromatic amines is 1. The molecule has 0 aliphatic carbocycles. The van der Waals surface area contributed by atoms with Crippen molar-refractivity contribution in [1.29, 1.82) is 0 Å². The molecule has 0 atom stereocenters. The minimum Gasteiger partial charge on any atom is -0.459 e. The van der Waals surface area contributed by atoms with Crippen molar-refractivity contribution in [2.75, 3.05) is 0 Å². The molecule has 3 aromatic heterocycles. The van der Waals surface area contributed by atoms with Gasteiger partial charge in [-0.25, -0.2) is 9.97 Å². The first-order valence-corrected chi connectivity index (χ1v) is 8.52. The molecule has 0 unspecified atom stereocenters. The van der Waals surface area contributed by atoms with Gasteiger partial charge in [-0.3, -0.25) is 0 Å². The SMILES string of the molecule is CCc1ccc(-c2c(-c3ccccc3)ncn2CCc2cnc[nH]2)o1. The zero-order valence-electron chi connectivity index (χ0n) is 14.1. The molecule has 0 saturated heterocycles. The lowest BCUT2D eigenvalue weighted by molar-refractivity contribution is 0.522. The molecule has 0 aliphatic rings. The van der Waals surface area contributed by atoms with Crippen molar-refractivity contribution in [3.63, 3.8) is 0 Å². The van der Waals surface area contributed by atoms with Crippen molar-refractivity contribution in [3.05, 3.63) is 72.8 Å². The Morgan fingerprint density at radius 2 is 2.00 bits per heavy atom. The van der Waals surface area contributed by atoms with Gasteiger partial charge in [0.05, 0.1) is 18.3 Å². The largest absolute Gasteiger partial charge is 0.459 e. The van der Waals surface area contributed by atoms with Gasteiger partial charge in [0.15, 0.2) is 5.76 Å². The molecule has 5 heteroatoms. The fraction of sp³-hybridized carbons (Fsp3) is 0.200. The van der Waals surface area contributed by atoms with E-state index >= 15 is 0 Å². The predicted octanol–water partition coefficient (Wildman–Crippen LogP) is 4.34. The van der Waals surface area contributed by atoms with Crippen molar-refractivity contribution in [2.45, 2.75) is 26.3 Å². The van der Waals surface area contributed by atoms with E-state index in [1.165, 1.54) is 0 Å². The smallest absolute Gasteiger partial charge is 0.152 e. The number of nitrogens with one attached hydrogen (secondary N) is 1. The summed E-state index contributed by atoms with van der Waals surface area (Å²) in [5, 5.41) is 0. The van der Waals surface area contributed by atoms with Gasteiger partial charge < -0.3 is 14.0 Å². The Kier molecular flexibility index (Phi) is 4.21. The number of rotatable bonds is 6. The first-order chi connectivity index (χ1) is 12.3. The lowest BCUT2D eigenvalue weighted by Crippen LogP contribution is -2.02. The van der Waals surface area contributed by atoms with Crippen LogP contribution in [0.3, 0.4) is 0 Å². The lowest BCUT2D eigenvalue weighted by Gasteiger charge is -2.08. The van der Waals surface area contributed by atoms with E-state index in [0.717, 1.165) is 53.6 Å². The van der Waals surface area contributed by atoms with Crippen LogP contribution in [0, 0.1) is 0 Å². The maximum atomic E-state index is 6.04. The van der Waals surface area contributed by atoms with Gasteiger partial charge in [-0.05, 0) is 12.1 Å². The van der Waals surface area contributed by atoms with E-state index in [1.54, 1.807) is 6.33 Å². The average molecular weight is 332 g/mol. The van der Waals surface area contributed by atoms with Gasteiger partial charge in [-0.15, -0.1) is 0 Å². The Balaban J connectivity index is 1.74. The summed E-state index contributed by atoms with van der Waals surface area (Å²) < 4.78 is 8.19. The van der Waals surface area contributed by atoms with Gasteiger partial charge in [-0.1, -0.05) is 37.3 Å². The molecule has 1 aromatic carbocycles. The van der Waals surface area contributed by atoms with Crippen LogP contribution in [0.4, 0.5) is 0 Å². The van der Waals surface area contributed by atoms with Gasteiger partial charge in [-0.2, -0.15) is 0 Å². The average Bonchev–Trinajstić information content (AvgIpc) is 3.39. The second-order valence-electron chi connectivity index (χ2n) is 5.95. The lowest BCUT2D eigenvalue weighted by atomic mass is 10.1. The van der Waals surface area contributed by atoms with Crippen LogP contribution < -0.4 is 0 Å². The Hall–Kier alpha value is -3.08. The number of aromatic nitrogens is 4. The van der Waals surface area contributed by atoms with Crippen LogP contribution in [-0.4, -0.2) is 19.5 Å². The second-order valence-corrected chi connectivity index (χ2v) is 5.95. The Morgan fingerprint density at radius 1 is 1.12 bits per heavy atom. The Morgan fingerprint density at radius 3 is 2.72 bits per heavy atom. The number of nitrogens with zero attached hydrogens (tertiary/aromatic N) is 3. The van der Waals surface area contributed by atoms with Crippen LogP contribution in [0.25, 0.3) is 22.7 Å². The van der Waals surface area contributed by atoms with E-state index in [1.807, 2.05) is 42.9 Å². The summed E-state index contributed by atoms with van der Waals surface area (Å²) in [6.07, 6.45) is 7.19. The molecule has 4 aromatic rings. The fourth-order valence-corrected chi connectivity index (χ4v) is 2.97. The van der Waals surface area contributed by atoms with E-state index in [9.17, 15) is 0 Å². The van der Waals surface area contributed by atoms with Gasteiger partial charge in [0, 0.05) is 36.8 Å². The molecule has 1 N–H and O–H groups in total. The van der Waals surface area contributed by atoms with Crippen molar-refractivity contribution in [2.24, 2.45) is 0 Å². The first kappa shape index (κ1) is 15.4. The number of H-pyrrole nitrogens is 1. The molecule has 0 bridgehead atoms. The molecule has 4 rings (SSSR count). The fourth-order valence-electron chi connectivity index (χ4n) is 2.97. The number of imidazole rings is 2. The molecule has 25 heavy (non-hydrogen) atoms. The summed E-state index contributed by atoms with van der Waals surface area (Å²) in [5.41, 5.74) is 4.16. The molecule has 0 saturated carbocycles. The molecule has 0 fully saturated rings. The summed E-state index contributed by atoms with van der Waals surface area (Å²) in [5.74, 6) is 1.84. The zero-order valence-corrected chi connectivity index (χ0v) is 14.1. The van der Waals surface area contributed by atoms with Crippen molar-refractivity contribution >= 4 is 0 Å².